The summed E-state index contributed by atoms with van der Waals surface area (Å²) in [6.07, 6.45) is 5.52. The van der Waals surface area contributed by atoms with E-state index in [1.165, 1.54) is 23.8 Å². The summed E-state index contributed by atoms with van der Waals surface area (Å²) in [5, 5.41) is 11.4. The van der Waals surface area contributed by atoms with E-state index in [4.69, 9.17) is 21.5 Å². The number of amides is 2. The normalized spacial score (nSPS) is 15.7. The van der Waals surface area contributed by atoms with Crippen molar-refractivity contribution >= 4 is 39.1 Å². The molecule has 32 heavy (non-hydrogen) atoms. The van der Waals surface area contributed by atoms with Crippen LogP contribution in [-0.4, -0.2) is 54.9 Å². The Morgan fingerprint density at radius 2 is 1.97 bits per heavy atom. The summed E-state index contributed by atoms with van der Waals surface area (Å²) >= 11 is 6.22. The number of hydrogen-bond acceptors (Lipinski definition) is 8. The standard InChI is InChI=1S/C20H23ClN4O6S/c1-32(29,30)17-3-2-13(9-15(17)21)14(8-12-4-6-31-7-5-12)19(26)24-18-11-22-16(10-23-18)20(27)25-28/h2-3,9-12,14,28H,4-8H2,1H3,(H,25,27)(H,23,24,26). The van der Waals surface area contributed by atoms with E-state index in [0.29, 0.717) is 25.2 Å². The summed E-state index contributed by atoms with van der Waals surface area (Å²) in [6, 6.07) is 4.49. The largest absolute Gasteiger partial charge is 0.381 e. The van der Waals surface area contributed by atoms with Crippen molar-refractivity contribution in [2.24, 2.45) is 5.92 Å². The van der Waals surface area contributed by atoms with Gasteiger partial charge in [-0.25, -0.2) is 23.9 Å². The summed E-state index contributed by atoms with van der Waals surface area (Å²) in [4.78, 5) is 32.4. The van der Waals surface area contributed by atoms with Crippen LogP contribution in [0.1, 0.15) is 41.2 Å². The number of hydrogen-bond donors (Lipinski definition) is 3. The van der Waals surface area contributed by atoms with Crippen LogP contribution >= 0.6 is 11.6 Å². The third kappa shape index (κ3) is 6.00. The summed E-state index contributed by atoms with van der Waals surface area (Å²) < 4.78 is 29.2. The quantitative estimate of drug-likeness (QED) is 0.401. The van der Waals surface area contributed by atoms with Gasteiger partial charge in [0.05, 0.1) is 28.2 Å². The Morgan fingerprint density at radius 1 is 1.25 bits per heavy atom. The molecule has 2 heterocycles. The fourth-order valence-corrected chi connectivity index (χ4v) is 4.86. The third-order valence-corrected chi connectivity index (χ3v) is 6.80. The topological polar surface area (TPSA) is 148 Å². The van der Waals surface area contributed by atoms with Crippen molar-refractivity contribution in [3.63, 3.8) is 0 Å². The molecule has 3 N–H and O–H groups in total. The highest BCUT2D eigenvalue weighted by Crippen LogP contribution is 2.33. The lowest BCUT2D eigenvalue weighted by Crippen LogP contribution is -2.27. The van der Waals surface area contributed by atoms with Gasteiger partial charge in [0.1, 0.15) is 5.69 Å². The lowest BCUT2D eigenvalue weighted by Gasteiger charge is -2.26. The van der Waals surface area contributed by atoms with E-state index in [9.17, 15) is 18.0 Å². The highest BCUT2D eigenvalue weighted by atomic mass is 35.5. The smallest absolute Gasteiger partial charge is 0.294 e. The number of carbonyl (C=O) groups is 2. The second-order valence-electron chi connectivity index (χ2n) is 7.52. The van der Waals surface area contributed by atoms with Gasteiger partial charge in [0.2, 0.25) is 5.91 Å². The predicted molar refractivity (Wildman–Crippen MR) is 115 cm³/mol. The van der Waals surface area contributed by atoms with Gasteiger partial charge in [-0.1, -0.05) is 17.7 Å². The molecular weight excluding hydrogens is 460 g/mol. The lowest BCUT2D eigenvalue weighted by molar-refractivity contribution is -0.118. The van der Waals surface area contributed by atoms with Crippen LogP contribution in [-0.2, 0) is 19.4 Å². The number of halogens is 1. The molecule has 0 saturated carbocycles. The Morgan fingerprint density at radius 3 is 2.53 bits per heavy atom. The van der Waals surface area contributed by atoms with Gasteiger partial charge in [-0.3, -0.25) is 14.8 Å². The third-order valence-electron chi connectivity index (χ3n) is 5.22. The molecule has 10 nitrogen and oxygen atoms in total. The fraction of sp³-hybridized carbons (Fsp3) is 0.400. The molecule has 1 aromatic carbocycles. The van der Waals surface area contributed by atoms with E-state index in [1.54, 1.807) is 6.07 Å². The highest BCUT2D eigenvalue weighted by molar-refractivity contribution is 7.90. The molecule has 12 heteroatoms. The molecule has 0 spiro atoms. The second kappa shape index (κ2) is 10.3. The van der Waals surface area contributed by atoms with E-state index in [2.05, 4.69) is 15.3 Å². The van der Waals surface area contributed by atoms with E-state index in [-0.39, 0.29) is 33.3 Å². The monoisotopic (exact) mass is 482 g/mol. The molecule has 1 atom stereocenters. The minimum Gasteiger partial charge on any atom is -0.381 e. The van der Waals surface area contributed by atoms with Crippen LogP contribution in [0.25, 0.3) is 0 Å². The van der Waals surface area contributed by atoms with Crippen molar-refractivity contribution in [2.75, 3.05) is 24.8 Å². The Balaban J connectivity index is 1.86. The van der Waals surface area contributed by atoms with Crippen LogP contribution in [0.2, 0.25) is 5.02 Å². The van der Waals surface area contributed by atoms with Crippen LogP contribution in [0.3, 0.4) is 0 Å². The SMILES string of the molecule is CS(=O)(=O)c1ccc(C(CC2CCOCC2)C(=O)Nc2cnc(C(=O)NO)cn2)cc1Cl. The summed E-state index contributed by atoms with van der Waals surface area (Å²) in [7, 11) is -3.50. The summed E-state index contributed by atoms with van der Waals surface area (Å²) in [6.45, 7) is 1.24. The molecular formula is C20H23ClN4O6S. The molecule has 2 aromatic rings. The Kier molecular flexibility index (Phi) is 7.77. The maximum atomic E-state index is 13.2. The van der Waals surface area contributed by atoms with Crippen molar-refractivity contribution in [2.45, 2.75) is 30.1 Å². The number of sulfone groups is 1. The Hall–Kier alpha value is -2.60. The molecule has 1 aliphatic rings. The van der Waals surface area contributed by atoms with Gasteiger partial charge in [0, 0.05) is 19.5 Å². The first kappa shape index (κ1) is 24.1. The van der Waals surface area contributed by atoms with Gasteiger partial charge < -0.3 is 10.1 Å². The minimum absolute atomic E-state index is 0.00300. The number of carbonyl (C=O) groups excluding carboxylic acids is 2. The van der Waals surface area contributed by atoms with Crippen LogP contribution < -0.4 is 10.8 Å². The maximum absolute atomic E-state index is 13.2. The first-order valence-electron chi connectivity index (χ1n) is 9.83. The average Bonchev–Trinajstić information content (AvgIpc) is 2.77. The number of nitrogens with one attached hydrogen (secondary N) is 2. The van der Waals surface area contributed by atoms with Crippen molar-refractivity contribution in [1.29, 1.82) is 0 Å². The molecule has 1 fully saturated rings. The maximum Gasteiger partial charge on any atom is 0.294 e. The van der Waals surface area contributed by atoms with E-state index >= 15 is 0 Å². The summed E-state index contributed by atoms with van der Waals surface area (Å²) in [5.74, 6) is -1.44. The molecule has 1 unspecified atom stereocenters. The van der Waals surface area contributed by atoms with Gasteiger partial charge in [-0.05, 0) is 42.9 Å². The molecule has 1 aliphatic heterocycles. The van der Waals surface area contributed by atoms with Gasteiger partial charge in [-0.15, -0.1) is 0 Å². The molecule has 172 valence electrons. The number of aromatic nitrogens is 2. The minimum atomic E-state index is -3.50. The first-order chi connectivity index (χ1) is 15.2. The zero-order chi connectivity index (χ0) is 23.3. The molecule has 0 aliphatic carbocycles. The number of ether oxygens (including phenoxy) is 1. The molecule has 1 aromatic heterocycles. The second-order valence-corrected chi connectivity index (χ2v) is 9.91. The van der Waals surface area contributed by atoms with E-state index in [0.717, 1.165) is 25.3 Å². The Bertz CT molecular complexity index is 1090. The van der Waals surface area contributed by atoms with Gasteiger partial charge in [0.15, 0.2) is 15.7 Å². The van der Waals surface area contributed by atoms with Gasteiger partial charge in [-0.2, -0.15) is 0 Å². The van der Waals surface area contributed by atoms with Gasteiger partial charge in [0.25, 0.3) is 5.91 Å². The molecule has 0 radical (unpaired) electrons. The van der Waals surface area contributed by atoms with Gasteiger partial charge >= 0.3 is 0 Å². The summed E-state index contributed by atoms with van der Waals surface area (Å²) in [5.41, 5.74) is 1.91. The van der Waals surface area contributed by atoms with E-state index < -0.39 is 21.7 Å². The van der Waals surface area contributed by atoms with Crippen LogP contribution in [0.15, 0.2) is 35.5 Å². The van der Waals surface area contributed by atoms with Crippen LogP contribution in [0, 0.1) is 5.92 Å². The van der Waals surface area contributed by atoms with E-state index in [1.807, 2.05) is 0 Å². The average molecular weight is 483 g/mol. The number of nitrogens with zero attached hydrogens (tertiary/aromatic N) is 2. The fourth-order valence-electron chi connectivity index (χ4n) is 3.52. The molecule has 1 saturated heterocycles. The zero-order valence-corrected chi connectivity index (χ0v) is 18.8. The molecule has 0 bridgehead atoms. The van der Waals surface area contributed by atoms with Crippen molar-refractivity contribution in [3.8, 4) is 0 Å². The molecule has 3 rings (SSSR count). The number of rotatable bonds is 7. The van der Waals surface area contributed by atoms with Crippen LogP contribution in [0.5, 0.6) is 0 Å². The first-order valence-corrected chi connectivity index (χ1v) is 12.1. The molecule has 2 amide bonds. The van der Waals surface area contributed by atoms with Crippen molar-refractivity contribution < 1.29 is 28.0 Å². The number of hydroxylamine groups is 1. The van der Waals surface area contributed by atoms with Crippen molar-refractivity contribution in [3.05, 3.63) is 46.9 Å². The van der Waals surface area contributed by atoms with Crippen molar-refractivity contribution in [1.82, 2.24) is 15.4 Å². The Labute approximate surface area is 190 Å². The zero-order valence-electron chi connectivity index (χ0n) is 17.2. The number of anilines is 1. The number of benzene rings is 1. The van der Waals surface area contributed by atoms with Crippen LogP contribution in [0.4, 0.5) is 5.82 Å². The predicted octanol–water partition coefficient (Wildman–Crippen LogP) is 2.19. The highest BCUT2D eigenvalue weighted by Gasteiger charge is 2.28. The lowest BCUT2D eigenvalue weighted by atomic mass is 9.84.